The van der Waals surface area contributed by atoms with Crippen molar-refractivity contribution in [3.8, 4) is 17.1 Å². The van der Waals surface area contributed by atoms with Gasteiger partial charge in [0.15, 0.2) is 0 Å². The van der Waals surface area contributed by atoms with E-state index in [2.05, 4.69) is 53.3 Å². The molecule has 2 heterocycles. The van der Waals surface area contributed by atoms with Gasteiger partial charge < -0.3 is 14.6 Å². The molecule has 3 aromatic rings. The molecule has 1 amide bonds. The number of methoxy groups -OCH3 is 1. The number of anilines is 1. The zero-order valence-corrected chi connectivity index (χ0v) is 21.0. The molecule has 1 aliphatic heterocycles. The number of amides is 1. The second kappa shape index (κ2) is 10.4. The number of nitro groups is 1. The minimum Gasteiger partial charge on any atom is -0.495 e. The lowest BCUT2D eigenvalue weighted by molar-refractivity contribution is -0.384. The van der Waals surface area contributed by atoms with Crippen LogP contribution in [0.1, 0.15) is 45.1 Å². The first kappa shape index (κ1) is 25.3. The summed E-state index contributed by atoms with van der Waals surface area (Å²) in [6.45, 7) is 8.27. The Bertz CT molecular complexity index is 1230. The molecule has 1 unspecified atom stereocenters. The van der Waals surface area contributed by atoms with E-state index in [1.807, 2.05) is 12.1 Å². The largest absolute Gasteiger partial charge is 0.495 e. The first-order valence-corrected chi connectivity index (χ1v) is 11.9. The maximum atomic E-state index is 13.0. The second-order valence-electron chi connectivity index (χ2n) is 10.0. The molecular formula is C26H31N5O5. The van der Waals surface area contributed by atoms with E-state index < -0.39 is 4.92 Å². The molecule has 1 saturated heterocycles. The number of hydrogen-bond acceptors (Lipinski definition) is 8. The summed E-state index contributed by atoms with van der Waals surface area (Å²) in [5, 5.41) is 18.1. The SMILES string of the molecule is COc1ccc([N+](=O)[O-])cc1NC(=O)C1CCCN(Cc2nc(-c3ccc(C(C)(C)C)cc3)no2)C1. The summed E-state index contributed by atoms with van der Waals surface area (Å²) < 4.78 is 10.7. The summed E-state index contributed by atoms with van der Waals surface area (Å²) in [5.74, 6) is 0.912. The Balaban J connectivity index is 1.39. The molecule has 1 N–H and O–H groups in total. The molecule has 1 fully saturated rings. The van der Waals surface area contributed by atoms with E-state index >= 15 is 0 Å². The molecule has 0 radical (unpaired) electrons. The van der Waals surface area contributed by atoms with Crippen LogP contribution < -0.4 is 10.1 Å². The normalized spacial score (nSPS) is 16.5. The minimum atomic E-state index is -0.505. The second-order valence-corrected chi connectivity index (χ2v) is 10.0. The van der Waals surface area contributed by atoms with Crippen LogP contribution in [-0.2, 0) is 16.8 Å². The van der Waals surface area contributed by atoms with Crippen LogP contribution in [0.4, 0.5) is 11.4 Å². The monoisotopic (exact) mass is 493 g/mol. The van der Waals surface area contributed by atoms with Crippen molar-refractivity contribution >= 4 is 17.3 Å². The smallest absolute Gasteiger partial charge is 0.271 e. The van der Waals surface area contributed by atoms with Crippen molar-refractivity contribution in [1.82, 2.24) is 15.0 Å². The average Bonchev–Trinajstić information content (AvgIpc) is 3.32. The number of ether oxygens (including phenoxy) is 1. The van der Waals surface area contributed by atoms with E-state index in [0.29, 0.717) is 30.6 Å². The van der Waals surface area contributed by atoms with Crippen molar-refractivity contribution < 1.29 is 19.0 Å². The highest BCUT2D eigenvalue weighted by Gasteiger charge is 2.28. The lowest BCUT2D eigenvalue weighted by Gasteiger charge is -2.30. The Morgan fingerprint density at radius 3 is 2.67 bits per heavy atom. The summed E-state index contributed by atoms with van der Waals surface area (Å²) >= 11 is 0. The summed E-state index contributed by atoms with van der Waals surface area (Å²) in [6.07, 6.45) is 1.55. The molecule has 10 heteroatoms. The number of non-ortho nitro benzene ring substituents is 1. The van der Waals surface area contributed by atoms with Gasteiger partial charge >= 0.3 is 0 Å². The molecule has 2 aromatic carbocycles. The lowest BCUT2D eigenvalue weighted by Crippen LogP contribution is -2.40. The number of piperidine rings is 1. The zero-order chi connectivity index (χ0) is 25.9. The van der Waals surface area contributed by atoms with E-state index in [1.54, 1.807) is 0 Å². The van der Waals surface area contributed by atoms with Crippen LogP contribution in [0.5, 0.6) is 5.75 Å². The molecule has 0 spiro atoms. The summed E-state index contributed by atoms with van der Waals surface area (Å²) in [6, 6.07) is 12.3. The van der Waals surface area contributed by atoms with Crippen molar-refractivity contribution in [3.05, 3.63) is 64.0 Å². The Kier molecular flexibility index (Phi) is 7.35. The highest BCUT2D eigenvalue weighted by atomic mass is 16.6. The van der Waals surface area contributed by atoms with Crippen LogP contribution in [0.15, 0.2) is 47.0 Å². The predicted octanol–water partition coefficient (Wildman–Crippen LogP) is 4.80. The standard InChI is InChI=1S/C26H31N5O5/c1-26(2,3)19-9-7-17(8-10-19)24-28-23(36-29-24)16-30-13-5-6-18(15-30)25(32)27-21-14-20(31(33)34)11-12-22(21)35-4/h7-12,14,18H,5-6,13,15-16H2,1-4H3,(H,27,32). The molecule has 0 saturated carbocycles. The van der Waals surface area contributed by atoms with Gasteiger partial charge in [0.2, 0.25) is 17.6 Å². The molecule has 1 aliphatic rings. The van der Waals surface area contributed by atoms with Gasteiger partial charge in [-0.25, -0.2) is 0 Å². The summed E-state index contributed by atoms with van der Waals surface area (Å²) in [4.78, 5) is 30.3. The van der Waals surface area contributed by atoms with E-state index in [1.165, 1.54) is 30.9 Å². The first-order valence-electron chi connectivity index (χ1n) is 11.9. The highest BCUT2D eigenvalue weighted by Crippen LogP contribution is 2.30. The quantitative estimate of drug-likeness (QED) is 0.368. The predicted molar refractivity (Wildman–Crippen MR) is 135 cm³/mol. The van der Waals surface area contributed by atoms with Gasteiger partial charge in [0.25, 0.3) is 5.69 Å². The number of nitrogens with one attached hydrogen (secondary N) is 1. The van der Waals surface area contributed by atoms with Crippen LogP contribution in [0.2, 0.25) is 0 Å². The van der Waals surface area contributed by atoms with Crippen LogP contribution in [0.25, 0.3) is 11.4 Å². The Hall–Kier alpha value is -3.79. The van der Waals surface area contributed by atoms with Gasteiger partial charge in [0.1, 0.15) is 5.75 Å². The molecule has 4 rings (SSSR count). The van der Waals surface area contributed by atoms with Crippen molar-refractivity contribution in [2.24, 2.45) is 5.92 Å². The van der Waals surface area contributed by atoms with E-state index in [4.69, 9.17) is 9.26 Å². The molecule has 190 valence electrons. The Labute approximate surface area is 209 Å². The maximum absolute atomic E-state index is 13.0. The molecule has 1 atom stereocenters. The van der Waals surface area contributed by atoms with Crippen LogP contribution in [-0.4, -0.2) is 46.1 Å². The third kappa shape index (κ3) is 5.88. The maximum Gasteiger partial charge on any atom is 0.271 e. The lowest BCUT2D eigenvalue weighted by atomic mass is 9.87. The van der Waals surface area contributed by atoms with Crippen molar-refractivity contribution in [2.75, 3.05) is 25.5 Å². The number of hydrogen-bond donors (Lipinski definition) is 1. The van der Waals surface area contributed by atoms with Gasteiger partial charge in [-0.15, -0.1) is 0 Å². The first-order chi connectivity index (χ1) is 17.1. The van der Waals surface area contributed by atoms with Crippen LogP contribution in [0.3, 0.4) is 0 Å². The van der Waals surface area contributed by atoms with Gasteiger partial charge in [-0.2, -0.15) is 4.98 Å². The number of likely N-dealkylation sites (tertiary alicyclic amines) is 1. The summed E-state index contributed by atoms with van der Waals surface area (Å²) in [5.41, 5.74) is 2.36. The molecule has 36 heavy (non-hydrogen) atoms. The fourth-order valence-electron chi connectivity index (χ4n) is 4.30. The van der Waals surface area contributed by atoms with Gasteiger partial charge in [-0.3, -0.25) is 19.8 Å². The van der Waals surface area contributed by atoms with Crippen molar-refractivity contribution in [1.29, 1.82) is 0 Å². The van der Waals surface area contributed by atoms with E-state index in [-0.39, 0.29) is 28.6 Å². The van der Waals surface area contributed by atoms with Gasteiger partial charge in [0.05, 0.1) is 30.2 Å². The molecule has 0 bridgehead atoms. The van der Waals surface area contributed by atoms with Gasteiger partial charge in [0, 0.05) is 24.2 Å². The van der Waals surface area contributed by atoms with Crippen molar-refractivity contribution in [3.63, 3.8) is 0 Å². The Morgan fingerprint density at radius 1 is 1.25 bits per heavy atom. The molecule has 10 nitrogen and oxygen atoms in total. The molecular weight excluding hydrogens is 462 g/mol. The third-order valence-corrected chi connectivity index (χ3v) is 6.36. The fraction of sp³-hybridized carbons (Fsp3) is 0.423. The van der Waals surface area contributed by atoms with E-state index in [9.17, 15) is 14.9 Å². The number of aromatic nitrogens is 2. The number of nitrogens with zero attached hydrogens (tertiary/aromatic N) is 4. The molecule has 1 aromatic heterocycles. The minimum absolute atomic E-state index is 0.0679. The summed E-state index contributed by atoms with van der Waals surface area (Å²) in [7, 11) is 1.46. The number of benzene rings is 2. The van der Waals surface area contributed by atoms with Crippen LogP contribution in [0, 0.1) is 16.0 Å². The Morgan fingerprint density at radius 2 is 2.00 bits per heavy atom. The topological polar surface area (TPSA) is 124 Å². The van der Waals surface area contributed by atoms with Gasteiger partial charge in [-0.05, 0) is 36.4 Å². The number of nitro benzene ring substituents is 1. The van der Waals surface area contributed by atoms with Crippen molar-refractivity contribution in [2.45, 2.75) is 45.6 Å². The molecule has 0 aliphatic carbocycles. The number of carbonyl (C=O) groups excluding carboxylic acids is 1. The number of rotatable bonds is 7. The average molecular weight is 494 g/mol. The highest BCUT2D eigenvalue weighted by molar-refractivity contribution is 5.94. The number of carbonyl (C=O) groups is 1. The van der Waals surface area contributed by atoms with Gasteiger partial charge in [-0.1, -0.05) is 50.2 Å². The van der Waals surface area contributed by atoms with E-state index in [0.717, 1.165) is 24.9 Å². The fourth-order valence-corrected chi connectivity index (χ4v) is 4.30. The zero-order valence-electron chi connectivity index (χ0n) is 21.0. The third-order valence-electron chi connectivity index (χ3n) is 6.36. The van der Waals surface area contributed by atoms with Crippen LogP contribution >= 0.6 is 0 Å².